The number of carbonyl (C=O) groups excluding carboxylic acids is 1. The minimum Gasteiger partial charge on any atom is -0.337 e. The summed E-state index contributed by atoms with van der Waals surface area (Å²) in [7, 11) is 1.79. The molecule has 142 valence electrons. The van der Waals surface area contributed by atoms with Crippen molar-refractivity contribution in [2.75, 3.05) is 7.05 Å². The van der Waals surface area contributed by atoms with E-state index in [1.54, 1.807) is 40.1 Å². The van der Waals surface area contributed by atoms with Crippen LogP contribution in [-0.4, -0.2) is 32.4 Å². The monoisotopic (exact) mass is 392 g/mol. The maximum atomic E-state index is 12.5. The van der Waals surface area contributed by atoms with Crippen LogP contribution in [0.25, 0.3) is 27.3 Å². The van der Waals surface area contributed by atoms with E-state index in [1.807, 2.05) is 25.1 Å². The molecule has 0 aliphatic rings. The maximum Gasteiger partial charge on any atom is 0.327 e. The van der Waals surface area contributed by atoms with E-state index < -0.39 is 0 Å². The molecule has 3 heterocycles. The van der Waals surface area contributed by atoms with Gasteiger partial charge in [-0.1, -0.05) is 18.2 Å². The van der Waals surface area contributed by atoms with Crippen LogP contribution in [-0.2, 0) is 17.9 Å². The molecule has 0 unspecified atom stereocenters. The summed E-state index contributed by atoms with van der Waals surface area (Å²) in [6.45, 7) is 3.03. The standard InChI is InChI=1S/C21H20N4O2S/c1-3-25-17-10-14(12-22-20(17)23-21(25)27)8-9-19(26)24(2)13-16-11-15-6-4-5-7-18(15)28-16/h4-12H,3,13H2,1-2H3,(H,22,23,27). The number of aromatic nitrogens is 3. The zero-order chi connectivity index (χ0) is 19.7. The topological polar surface area (TPSA) is 71.0 Å². The van der Waals surface area contributed by atoms with Gasteiger partial charge in [0.1, 0.15) is 0 Å². The van der Waals surface area contributed by atoms with E-state index in [2.05, 4.69) is 28.2 Å². The quantitative estimate of drug-likeness (QED) is 0.527. The van der Waals surface area contributed by atoms with E-state index in [-0.39, 0.29) is 11.6 Å². The second-order valence-electron chi connectivity index (χ2n) is 6.59. The zero-order valence-electron chi connectivity index (χ0n) is 15.7. The number of nitrogens with zero attached hydrogens (tertiary/aromatic N) is 3. The van der Waals surface area contributed by atoms with E-state index in [9.17, 15) is 9.59 Å². The van der Waals surface area contributed by atoms with Crippen molar-refractivity contribution in [3.8, 4) is 0 Å². The first-order valence-corrected chi connectivity index (χ1v) is 9.86. The summed E-state index contributed by atoms with van der Waals surface area (Å²) in [4.78, 5) is 34.2. The average molecular weight is 392 g/mol. The third kappa shape index (κ3) is 3.48. The number of hydrogen-bond acceptors (Lipinski definition) is 4. The number of nitrogens with one attached hydrogen (secondary N) is 1. The van der Waals surface area contributed by atoms with Gasteiger partial charge < -0.3 is 4.90 Å². The van der Waals surface area contributed by atoms with Gasteiger partial charge in [0, 0.05) is 35.4 Å². The number of likely N-dealkylation sites (N-methyl/N-ethyl adjacent to an activating group) is 1. The first-order valence-electron chi connectivity index (χ1n) is 9.04. The zero-order valence-corrected chi connectivity index (χ0v) is 16.5. The SMILES string of the molecule is CCn1c(=O)[nH]c2ncc(C=CC(=O)N(C)Cc3cc4ccccc4s3)cc21. The summed E-state index contributed by atoms with van der Waals surface area (Å²) >= 11 is 1.70. The number of benzene rings is 1. The van der Waals surface area contributed by atoms with Crippen molar-refractivity contribution in [1.82, 2.24) is 19.4 Å². The highest BCUT2D eigenvalue weighted by atomic mass is 32.1. The fourth-order valence-electron chi connectivity index (χ4n) is 3.18. The third-order valence-corrected chi connectivity index (χ3v) is 5.73. The Hall–Kier alpha value is -3.19. The minimum absolute atomic E-state index is 0.0838. The molecule has 1 N–H and O–H groups in total. The summed E-state index contributed by atoms with van der Waals surface area (Å²) in [5, 5.41) is 1.20. The lowest BCUT2D eigenvalue weighted by Crippen LogP contribution is -2.23. The van der Waals surface area contributed by atoms with Crippen molar-refractivity contribution in [3.63, 3.8) is 0 Å². The molecule has 0 atom stereocenters. The van der Waals surface area contributed by atoms with Crippen LogP contribution in [0.1, 0.15) is 17.4 Å². The molecule has 4 rings (SSSR count). The summed E-state index contributed by atoms with van der Waals surface area (Å²) in [6, 6.07) is 12.2. The number of pyridine rings is 1. The van der Waals surface area contributed by atoms with Gasteiger partial charge in [0.2, 0.25) is 5.91 Å². The molecular formula is C21H20N4O2S. The van der Waals surface area contributed by atoms with Gasteiger partial charge in [0.25, 0.3) is 0 Å². The van der Waals surface area contributed by atoms with Crippen molar-refractivity contribution >= 4 is 44.6 Å². The Morgan fingerprint density at radius 3 is 2.93 bits per heavy atom. The molecule has 0 radical (unpaired) electrons. The third-order valence-electron chi connectivity index (χ3n) is 4.63. The number of rotatable bonds is 5. The van der Waals surface area contributed by atoms with Crippen molar-refractivity contribution in [2.24, 2.45) is 0 Å². The molecule has 1 aromatic carbocycles. The second kappa shape index (κ2) is 7.44. The highest BCUT2D eigenvalue weighted by Gasteiger charge is 2.10. The van der Waals surface area contributed by atoms with Crippen LogP contribution in [0.3, 0.4) is 0 Å². The van der Waals surface area contributed by atoms with Crippen LogP contribution in [0.15, 0.2) is 53.5 Å². The predicted molar refractivity (Wildman–Crippen MR) is 113 cm³/mol. The predicted octanol–water partition coefficient (Wildman–Crippen LogP) is 3.63. The first kappa shape index (κ1) is 18.2. The molecule has 4 aromatic rings. The molecular weight excluding hydrogens is 372 g/mol. The summed E-state index contributed by atoms with van der Waals surface area (Å²) in [6.07, 6.45) is 4.92. The lowest BCUT2D eigenvalue weighted by molar-refractivity contribution is -0.125. The van der Waals surface area contributed by atoms with Crippen molar-refractivity contribution < 1.29 is 4.79 Å². The first-order chi connectivity index (χ1) is 13.5. The number of H-pyrrole nitrogens is 1. The Bertz CT molecular complexity index is 1220. The van der Waals surface area contributed by atoms with Crippen molar-refractivity contribution in [1.29, 1.82) is 0 Å². The largest absolute Gasteiger partial charge is 0.337 e. The van der Waals surface area contributed by atoms with Crippen molar-refractivity contribution in [2.45, 2.75) is 20.0 Å². The van der Waals surface area contributed by atoms with Gasteiger partial charge in [0.05, 0.1) is 12.1 Å². The van der Waals surface area contributed by atoms with E-state index >= 15 is 0 Å². The van der Waals surface area contributed by atoms with Crippen LogP contribution in [0.2, 0.25) is 0 Å². The number of aromatic amines is 1. The number of amides is 1. The smallest absolute Gasteiger partial charge is 0.327 e. The fourth-order valence-corrected chi connectivity index (χ4v) is 4.29. The van der Waals surface area contributed by atoms with Gasteiger partial charge in [-0.25, -0.2) is 9.78 Å². The minimum atomic E-state index is -0.176. The molecule has 0 bridgehead atoms. The second-order valence-corrected chi connectivity index (χ2v) is 7.76. The van der Waals surface area contributed by atoms with Gasteiger partial charge in [-0.05, 0) is 42.1 Å². The highest BCUT2D eigenvalue weighted by Crippen LogP contribution is 2.26. The normalized spacial score (nSPS) is 11.6. The molecule has 28 heavy (non-hydrogen) atoms. The number of imidazole rings is 1. The highest BCUT2D eigenvalue weighted by molar-refractivity contribution is 7.19. The van der Waals surface area contributed by atoms with E-state index in [1.165, 1.54) is 16.2 Å². The molecule has 7 heteroatoms. The van der Waals surface area contributed by atoms with Crippen LogP contribution in [0.5, 0.6) is 0 Å². The molecule has 0 fully saturated rings. The molecule has 0 saturated carbocycles. The van der Waals surface area contributed by atoms with Gasteiger partial charge in [-0.3, -0.25) is 14.3 Å². The lowest BCUT2D eigenvalue weighted by atomic mass is 10.2. The van der Waals surface area contributed by atoms with Gasteiger partial charge in [0.15, 0.2) is 5.65 Å². The Labute approximate surface area is 165 Å². The maximum absolute atomic E-state index is 12.5. The number of thiophene rings is 1. The van der Waals surface area contributed by atoms with E-state index in [4.69, 9.17) is 0 Å². The van der Waals surface area contributed by atoms with E-state index in [0.29, 0.717) is 18.7 Å². The molecule has 1 amide bonds. The van der Waals surface area contributed by atoms with Crippen LogP contribution in [0, 0.1) is 0 Å². The number of fused-ring (bicyclic) bond motifs is 2. The lowest BCUT2D eigenvalue weighted by Gasteiger charge is -2.13. The van der Waals surface area contributed by atoms with Gasteiger partial charge in [-0.2, -0.15) is 0 Å². The molecule has 0 saturated heterocycles. The van der Waals surface area contributed by atoms with Crippen molar-refractivity contribution in [3.05, 3.63) is 69.6 Å². The molecule has 0 aliphatic carbocycles. The Kier molecular flexibility index (Phi) is 4.83. The molecule has 3 aromatic heterocycles. The van der Waals surface area contributed by atoms with Crippen LogP contribution in [0.4, 0.5) is 0 Å². The average Bonchev–Trinajstić information content (AvgIpc) is 3.24. The number of carbonyl (C=O) groups is 1. The Balaban J connectivity index is 1.49. The summed E-state index contributed by atoms with van der Waals surface area (Å²) in [5.41, 5.74) is 1.89. The molecule has 6 nitrogen and oxygen atoms in total. The summed E-state index contributed by atoms with van der Waals surface area (Å²) < 4.78 is 2.84. The Morgan fingerprint density at radius 2 is 2.14 bits per heavy atom. The Morgan fingerprint density at radius 1 is 1.32 bits per heavy atom. The summed E-state index contributed by atoms with van der Waals surface area (Å²) in [5.74, 6) is -0.0838. The number of hydrogen-bond donors (Lipinski definition) is 1. The molecule has 0 spiro atoms. The molecule has 0 aliphatic heterocycles. The fraction of sp³-hybridized carbons (Fsp3) is 0.190. The van der Waals surface area contributed by atoms with Crippen LogP contribution >= 0.6 is 11.3 Å². The van der Waals surface area contributed by atoms with Crippen LogP contribution < -0.4 is 5.69 Å². The van der Waals surface area contributed by atoms with Gasteiger partial charge in [-0.15, -0.1) is 11.3 Å². The number of aryl methyl sites for hydroxylation is 1. The van der Waals surface area contributed by atoms with E-state index in [0.717, 1.165) is 16.0 Å². The van der Waals surface area contributed by atoms with Gasteiger partial charge >= 0.3 is 5.69 Å².